The van der Waals surface area contributed by atoms with E-state index in [0.29, 0.717) is 22.0 Å². The Morgan fingerprint density at radius 3 is 2.56 bits per heavy atom. The van der Waals surface area contributed by atoms with Crippen molar-refractivity contribution in [3.63, 3.8) is 0 Å². The number of hydrogen-bond donors (Lipinski definition) is 0. The van der Waals surface area contributed by atoms with Gasteiger partial charge in [-0.15, -0.1) is 11.3 Å². The smallest absolute Gasteiger partial charge is 0.348 e. The molecule has 0 radical (unpaired) electrons. The van der Waals surface area contributed by atoms with Gasteiger partial charge in [0.1, 0.15) is 10.6 Å². The Labute approximate surface area is 149 Å². The van der Waals surface area contributed by atoms with E-state index in [1.54, 1.807) is 18.2 Å². The van der Waals surface area contributed by atoms with Gasteiger partial charge in [0.05, 0.1) is 0 Å². The first kappa shape index (κ1) is 17.2. The fourth-order valence-corrected chi connectivity index (χ4v) is 3.44. The van der Waals surface area contributed by atoms with Crippen molar-refractivity contribution in [2.75, 3.05) is 6.61 Å². The van der Waals surface area contributed by atoms with E-state index in [9.17, 15) is 9.59 Å². The second kappa shape index (κ2) is 6.68. The fourth-order valence-electron chi connectivity index (χ4n) is 2.68. The number of thiophene rings is 1. The van der Waals surface area contributed by atoms with Gasteiger partial charge in [0.15, 0.2) is 12.4 Å². The van der Waals surface area contributed by atoms with Gasteiger partial charge in [-0.2, -0.15) is 0 Å². The molecule has 3 rings (SSSR count). The average Bonchev–Trinajstić information content (AvgIpc) is 3.25. The number of nitrogens with zero attached hydrogens (tertiary/aromatic N) is 2. The summed E-state index contributed by atoms with van der Waals surface area (Å²) in [6, 6.07) is 7.11. The van der Waals surface area contributed by atoms with Crippen molar-refractivity contribution in [3.05, 3.63) is 56.7 Å². The zero-order chi connectivity index (χ0) is 18.1. The van der Waals surface area contributed by atoms with Gasteiger partial charge in [-0.05, 0) is 45.9 Å². The third-order valence-electron chi connectivity index (χ3n) is 3.85. The molecule has 0 saturated carbocycles. The molecule has 0 unspecified atom stereocenters. The van der Waals surface area contributed by atoms with Gasteiger partial charge in [-0.1, -0.05) is 5.16 Å². The molecule has 0 spiro atoms. The highest BCUT2D eigenvalue weighted by molar-refractivity contribution is 7.13. The van der Waals surface area contributed by atoms with Crippen molar-refractivity contribution in [2.24, 2.45) is 0 Å². The first-order valence-corrected chi connectivity index (χ1v) is 8.58. The molecule has 0 fully saturated rings. The van der Waals surface area contributed by atoms with E-state index in [0.717, 1.165) is 16.3 Å². The standard InChI is InChI=1S/C18H18N2O4S/c1-10-7-14(13(4)20(10)17-8-11(2)24-19-17)15(21)9-23-18(22)16-6-5-12(3)25-16/h5-8H,9H2,1-4H3. The van der Waals surface area contributed by atoms with Crippen molar-refractivity contribution >= 4 is 23.1 Å². The quantitative estimate of drug-likeness (QED) is 0.512. The van der Waals surface area contributed by atoms with Crippen LogP contribution in [0.25, 0.3) is 5.82 Å². The molecule has 0 aliphatic carbocycles. The van der Waals surface area contributed by atoms with E-state index < -0.39 is 5.97 Å². The number of rotatable bonds is 5. The molecule has 25 heavy (non-hydrogen) atoms. The lowest BCUT2D eigenvalue weighted by molar-refractivity contribution is 0.0479. The predicted octanol–water partition coefficient (Wildman–Crippen LogP) is 3.80. The SMILES string of the molecule is Cc1cc(-n2c(C)cc(C(=O)COC(=O)c3ccc(C)s3)c2C)no1. The summed E-state index contributed by atoms with van der Waals surface area (Å²) >= 11 is 1.34. The molecule has 0 atom stereocenters. The molecule has 130 valence electrons. The minimum absolute atomic E-state index is 0.249. The zero-order valence-corrected chi connectivity index (χ0v) is 15.3. The molecule has 0 bridgehead atoms. The highest BCUT2D eigenvalue weighted by atomic mass is 32.1. The lowest BCUT2D eigenvalue weighted by atomic mass is 10.1. The van der Waals surface area contributed by atoms with Crippen molar-refractivity contribution < 1.29 is 18.8 Å². The first-order valence-electron chi connectivity index (χ1n) is 7.76. The van der Waals surface area contributed by atoms with Gasteiger partial charge in [0.25, 0.3) is 0 Å². The summed E-state index contributed by atoms with van der Waals surface area (Å²) in [5.74, 6) is 0.585. The second-order valence-electron chi connectivity index (χ2n) is 5.83. The Hall–Kier alpha value is -2.67. The van der Waals surface area contributed by atoms with Gasteiger partial charge < -0.3 is 9.26 Å². The largest absolute Gasteiger partial charge is 0.453 e. The molecule has 0 saturated heterocycles. The number of hydrogen-bond acceptors (Lipinski definition) is 6. The normalized spacial score (nSPS) is 10.9. The minimum atomic E-state index is -0.479. The highest BCUT2D eigenvalue weighted by Crippen LogP contribution is 2.21. The molecule has 0 aromatic carbocycles. The maximum absolute atomic E-state index is 12.5. The Morgan fingerprint density at radius 2 is 1.96 bits per heavy atom. The first-order chi connectivity index (χ1) is 11.9. The molecule has 3 aromatic rings. The summed E-state index contributed by atoms with van der Waals surface area (Å²) in [6.45, 7) is 7.14. The van der Waals surface area contributed by atoms with Crippen LogP contribution in [0.5, 0.6) is 0 Å². The topological polar surface area (TPSA) is 74.3 Å². The molecule has 3 aromatic heterocycles. The van der Waals surface area contributed by atoms with Crippen LogP contribution in [0.3, 0.4) is 0 Å². The Kier molecular flexibility index (Phi) is 4.59. The van der Waals surface area contributed by atoms with E-state index in [1.807, 2.05) is 38.3 Å². The molecular formula is C18H18N2O4S. The third-order valence-corrected chi connectivity index (χ3v) is 4.83. The molecule has 6 nitrogen and oxygen atoms in total. The van der Waals surface area contributed by atoms with Crippen molar-refractivity contribution in [2.45, 2.75) is 27.7 Å². The minimum Gasteiger partial charge on any atom is -0.453 e. The number of Topliss-reactive ketones (excluding diaryl/α,β-unsaturated/α-hetero) is 1. The predicted molar refractivity (Wildman–Crippen MR) is 93.7 cm³/mol. The molecule has 3 heterocycles. The average molecular weight is 358 g/mol. The van der Waals surface area contributed by atoms with Gasteiger partial charge in [-0.3, -0.25) is 9.36 Å². The van der Waals surface area contributed by atoms with Crippen LogP contribution in [-0.2, 0) is 4.74 Å². The summed E-state index contributed by atoms with van der Waals surface area (Å²) in [5.41, 5.74) is 2.10. The van der Waals surface area contributed by atoms with E-state index in [2.05, 4.69) is 5.16 Å². The number of ether oxygens (including phenoxy) is 1. The van der Waals surface area contributed by atoms with Gasteiger partial charge >= 0.3 is 5.97 Å². The van der Waals surface area contributed by atoms with Crippen LogP contribution in [-0.4, -0.2) is 28.1 Å². The maximum Gasteiger partial charge on any atom is 0.348 e. The van der Waals surface area contributed by atoms with Crippen molar-refractivity contribution in [1.29, 1.82) is 0 Å². The zero-order valence-electron chi connectivity index (χ0n) is 14.5. The second-order valence-corrected chi connectivity index (χ2v) is 7.11. The number of aryl methyl sites for hydroxylation is 3. The monoisotopic (exact) mass is 358 g/mol. The van der Waals surface area contributed by atoms with Crippen LogP contribution in [0.4, 0.5) is 0 Å². The molecule has 7 heteroatoms. The molecule has 0 aliphatic rings. The van der Waals surface area contributed by atoms with E-state index in [4.69, 9.17) is 9.26 Å². The van der Waals surface area contributed by atoms with E-state index in [1.165, 1.54) is 11.3 Å². The number of esters is 1. The fraction of sp³-hybridized carbons (Fsp3) is 0.278. The number of carbonyl (C=O) groups excluding carboxylic acids is 2. The van der Waals surface area contributed by atoms with E-state index >= 15 is 0 Å². The highest BCUT2D eigenvalue weighted by Gasteiger charge is 2.20. The van der Waals surface area contributed by atoms with Gasteiger partial charge in [-0.25, -0.2) is 4.79 Å². The van der Waals surface area contributed by atoms with E-state index in [-0.39, 0.29) is 12.4 Å². The van der Waals surface area contributed by atoms with Gasteiger partial charge in [0, 0.05) is 27.9 Å². The molecular weight excluding hydrogens is 340 g/mol. The maximum atomic E-state index is 12.5. The molecule has 0 amide bonds. The van der Waals surface area contributed by atoms with Crippen LogP contribution >= 0.6 is 11.3 Å². The van der Waals surface area contributed by atoms with Crippen LogP contribution in [0, 0.1) is 27.7 Å². The molecule has 0 N–H and O–H groups in total. The number of aromatic nitrogens is 2. The van der Waals surface area contributed by atoms with Crippen LogP contribution in [0.1, 0.15) is 42.1 Å². The van der Waals surface area contributed by atoms with Crippen LogP contribution < -0.4 is 0 Å². The lowest BCUT2D eigenvalue weighted by Crippen LogP contribution is -2.14. The Bertz CT molecular complexity index is 948. The van der Waals surface area contributed by atoms with Crippen molar-refractivity contribution in [1.82, 2.24) is 9.72 Å². The summed E-state index contributed by atoms with van der Waals surface area (Å²) in [5, 5.41) is 3.99. The summed E-state index contributed by atoms with van der Waals surface area (Å²) < 4.78 is 12.1. The van der Waals surface area contributed by atoms with Crippen molar-refractivity contribution in [3.8, 4) is 5.82 Å². The summed E-state index contributed by atoms with van der Waals surface area (Å²) in [6.07, 6.45) is 0. The molecule has 0 aliphatic heterocycles. The summed E-state index contributed by atoms with van der Waals surface area (Å²) in [7, 11) is 0. The third kappa shape index (κ3) is 3.41. The van der Waals surface area contributed by atoms with Crippen LogP contribution in [0.2, 0.25) is 0 Å². The Balaban J connectivity index is 1.76. The van der Waals surface area contributed by atoms with Gasteiger partial charge in [0.2, 0.25) is 5.78 Å². The number of carbonyl (C=O) groups is 2. The number of ketones is 1. The lowest BCUT2D eigenvalue weighted by Gasteiger charge is -2.05. The Morgan fingerprint density at radius 1 is 1.20 bits per heavy atom. The summed E-state index contributed by atoms with van der Waals surface area (Å²) in [4.78, 5) is 26.0. The van der Waals surface area contributed by atoms with Crippen LogP contribution in [0.15, 0.2) is 28.8 Å².